The van der Waals surface area contributed by atoms with Crippen molar-refractivity contribution in [3.05, 3.63) is 28.8 Å². The molecule has 1 rings (SSSR count). The standard InChI is InChI=1S/C22H37ClN2O/c1-4-6-8-10-12-16-25(17-13-11-9-7-5-2)22(26)24-20-15-14-19(3)21(23)18-20/h14-15,18H,4-13,16-17H2,1-3H3,(H,24,26). The molecule has 4 heteroatoms. The molecule has 0 saturated heterocycles. The first-order chi connectivity index (χ1) is 12.6. The molecule has 0 bridgehead atoms. The van der Waals surface area contributed by atoms with Crippen LogP contribution in [0.25, 0.3) is 0 Å². The van der Waals surface area contributed by atoms with E-state index in [1.54, 1.807) is 0 Å². The third kappa shape index (κ3) is 9.47. The van der Waals surface area contributed by atoms with Gasteiger partial charge in [0.2, 0.25) is 0 Å². The van der Waals surface area contributed by atoms with Crippen molar-refractivity contribution in [1.29, 1.82) is 0 Å². The molecular weight excluding hydrogens is 344 g/mol. The Morgan fingerprint density at radius 3 is 1.96 bits per heavy atom. The van der Waals surface area contributed by atoms with Crippen LogP contribution < -0.4 is 5.32 Å². The number of unbranched alkanes of at least 4 members (excludes halogenated alkanes) is 8. The van der Waals surface area contributed by atoms with Crippen molar-refractivity contribution >= 4 is 23.3 Å². The third-order valence-corrected chi connectivity index (χ3v) is 5.18. The zero-order valence-corrected chi connectivity index (χ0v) is 17.7. The summed E-state index contributed by atoms with van der Waals surface area (Å²) in [4.78, 5) is 14.7. The Morgan fingerprint density at radius 1 is 0.923 bits per heavy atom. The summed E-state index contributed by atoms with van der Waals surface area (Å²) in [5.41, 5.74) is 1.79. The Hall–Kier alpha value is -1.22. The van der Waals surface area contributed by atoms with Gasteiger partial charge in [-0.1, -0.05) is 82.9 Å². The molecule has 0 radical (unpaired) electrons. The first-order valence-electron chi connectivity index (χ1n) is 10.4. The van der Waals surface area contributed by atoms with Crippen molar-refractivity contribution in [3.8, 4) is 0 Å². The highest BCUT2D eigenvalue weighted by Gasteiger charge is 2.13. The number of hydrogen-bond acceptors (Lipinski definition) is 1. The van der Waals surface area contributed by atoms with Crippen LogP contribution in [0.2, 0.25) is 5.02 Å². The van der Waals surface area contributed by atoms with E-state index in [1.807, 2.05) is 30.0 Å². The van der Waals surface area contributed by atoms with E-state index >= 15 is 0 Å². The van der Waals surface area contributed by atoms with Gasteiger partial charge in [0.25, 0.3) is 0 Å². The predicted molar refractivity (Wildman–Crippen MR) is 114 cm³/mol. The second-order valence-corrected chi connectivity index (χ2v) is 7.62. The normalized spacial score (nSPS) is 10.8. The van der Waals surface area contributed by atoms with Crippen LogP contribution in [0.15, 0.2) is 18.2 Å². The van der Waals surface area contributed by atoms with Crippen LogP contribution in [-0.4, -0.2) is 24.0 Å². The lowest BCUT2D eigenvalue weighted by Gasteiger charge is -2.23. The van der Waals surface area contributed by atoms with Crippen molar-refractivity contribution < 1.29 is 4.79 Å². The van der Waals surface area contributed by atoms with Crippen LogP contribution in [0.1, 0.15) is 83.6 Å². The molecule has 26 heavy (non-hydrogen) atoms. The van der Waals surface area contributed by atoms with Gasteiger partial charge in [0.05, 0.1) is 0 Å². The van der Waals surface area contributed by atoms with Crippen LogP contribution in [0.4, 0.5) is 10.5 Å². The van der Waals surface area contributed by atoms with Gasteiger partial charge in [0.15, 0.2) is 0 Å². The van der Waals surface area contributed by atoms with E-state index in [2.05, 4.69) is 19.2 Å². The molecule has 1 aromatic carbocycles. The molecule has 2 amide bonds. The van der Waals surface area contributed by atoms with Crippen LogP contribution in [0, 0.1) is 6.92 Å². The highest BCUT2D eigenvalue weighted by Crippen LogP contribution is 2.20. The molecule has 0 saturated carbocycles. The number of carbonyl (C=O) groups is 1. The number of halogens is 1. The lowest BCUT2D eigenvalue weighted by atomic mass is 10.1. The third-order valence-electron chi connectivity index (χ3n) is 4.77. The second kappa shape index (κ2) is 13.9. The Morgan fingerprint density at radius 2 is 1.46 bits per heavy atom. The predicted octanol–water partition coefficient (Wildman–Crippen LogP) is 7.42. The van der Waals surface area contributed by atoms with E-state index in [0.29, 0.717) is 5.02 Å². The topological polar surface area (TPSA) is 32.3 Å². The first-order valence-corrected chi connectivity index (χ1v) is 10.8. The maximum atomic E-state index is 12.7. The summed E-state index contributed by atoms with van der Waals surface area (Å²) in [7, 11) is 0. The van der Waals surface area contributed by atoms with Gasteiger partial charge >= 0.3 is 6.03 Å². The molecule has 3 nitrogen and oxygen atoms in total. The highest BCUT2D eigenvalue weighted by atomic mass is 35.5. The fourth-order valence-electron chi connectivity index (χ4n) is 3.00. The Bertz CT molecular complexity index is 505. The Kier molecular flexibility index (Phi) is 12.2. The van der Waals surface area contributed by atoms with E-state index in [1.165, 1.54) is 51.4 Å². The minimum atomic E-state index is -0.00379. The number of benzene rings is 1. The van der Waals surface area contributed by atoms with Gasteiger partial charge in [-0.3, -0.25) is 0 Å². The number of anilines is 1. The van der Waals surface area contributed by atoms with Crippen LogP contribution in [0.5, 0.6) is 0 Å². The SMILES string of the molecule is CCCCCCCN(CCCCCCC)C(=O)Nc1ccc(C)c(Cl)c1. The zero-order chi connectivity index (χ0) is 19.2. The van der Waals surface area contributed by atoms with Gasteiger partial charge in [-0.05, 0) is 37.5 Å². The van der Waals surface area contributed by atoms with E-state index in [0.717, 1.165) is 37.2 Å². The van der Waals surface area contributed by atoms with Gasteiger partial charge in [-0.25, -0.2) is 4.79 Å². The lowest BCUT2D eigenvalue weighted by molar-refractivity contribution is 0.209. The van der Waals surface area contributed by atoms with Crippen LogP contribution >= 0.6 is 11.6 Å². The number of nitrogens with zero attached hydrogens (tertiary/aromatic N) is 1. The molecule has 0 aliphatic rings. The summed E-state index contributed by atoms with van der Waals surface area (Å²) in [6.45, 7) is 8.09. The molecule has 0 fully saturated rings. The number of nitrogens with one attached hydrogen (secondary N) is 1. The fourth-order valence-corrected chi connectivity index (χ4v) is 3.18. The van der Waals surface area contributed by atoms with E-state index in [-0.39, 0.29) is 6.03 Å². The van der Waals surface area contributed by atoms with Gasteiger partial charge in [0.1, 0.15) is 0 Å². The van der Waals surface area contributed by atoms with E-state index in [9.17, 15) is 4.79 Å². The van der Waals surface area contributed by atoms with Gasteiger partial charge in [-0.2, -0.15) is 0 Å². The zero-order valence-electron chi connectivity index (χ0n) is 17.0. The molecule has 0 atom stereocenters. The molecule has 0 heterocycles. The summed E-state index contributed by atoms with van der Waals surface area (Å²) in [5.74, 6) is 0. The van der Waals surface area contributed by atoms with Gasteiger partial charge in [0, 0.05) is 23.8 Å². The molecule has 0 aliphatic heterocycles. The van der Waals surface area contributed by atoms with Crippen molar-refractivity contribution in [2.45, 2.75) is 85.0 Å². The molecular formula is C22H37ClN2O. The molecule has 0 aliphatic carbocycles. The minimum absolute atomic E-state index is 0.00379. The lowest BCUT2D eigenvalue weighted by Crippen LogP contribution is -2.36. The van der Waals surface area contributed by atoms with Crippen molar-refractivity contribution in [2.75, 3.05) is 18.4 Å². The van der Waals surface area contributed by atoms with Crippen molar-refractivity contribution in [2.24, 2.45) is 0 Å². The number of carbonyl (C=O) groups excluding carboxylic acids is 1. The second-order valence-electron chi connectivity index (χ2n) is 7.21. The van der Waals surface area contributed by atoms with Crippen LogP contribution in [0.3, 0.4) is 0 Å². The molecule has 1 aromatic rings. The average Bonchev–Trinajstić information content (AvgIpc) is 2.62. The summed E-state index contributed by atoms with van der Waals surface area (Å²) in [6.07, 6.45) is 12.1. The minimum Gasteiger partial charge on any atom is -0.325 e. The monoisotopic (exact) mass is 380 g/mol. The largest absolute Gasteiger partial charge is 0.325 e. The fraction of sp³-hybridized carbons (Fsp3) is 0.682. The highest BCUT2D eigenvalue weighted by molar-refractivity contribution is 6.31. The number of urea groups is 1. The number of aryl methyl sites for hydroxylation is 1. The molecule has 0 spiro atoms. The van der Waals surface area contributed by atoms with Crippen molar-refractivity contribution in [1.82, 2.24) is 4.90 Å². The maximum absolute atomic E-state index is 12.7. The van der Waals surface area contributed by atoms with E-state index < -0.39 is 0 Å². The summed E-state index contributed by atoms with van der Waals surface area (Å²) in [6, 6.07) is 5.68. The van der Waals surface area contributed by atoms with Gasteiger partial charge < -0.3 is 10.2 Å². The number of rotatable bonds is 13. The summed E-state index contributed by atoms with van der Waals surface area (Å²) in [5, 5.41) is 3.71. The summed E-state index contributed by atoms with van der Waals surface area (Å²) >= 11 is 6.18. The average molecular weight is 381 g/mol. The number of amides is 2. The molecule has 148 valence electrons. The smallest absolute Gasteiger partial charge is 0.321 e. The maximum Gasteiger partial charge on any atom is 0.321 e. The van der Waals surface area contributed by atoms with Gasteiger partial charge in [-0.15, -0.1) is 0 Å². The van der Waals surface area contributed by atoms with E-state index in [4.69, 9.17) is 11.6 Å². The van der Waals surface area contributed by atoms with Crippen LogP contribution in [-0.2, 0) is 0 Å². The Balaban J connectivity index is 2.53. The number of hydrogen-bond donors (Lipinski definition) is 1. The molecule has 1 N–H and O–H groups in total. The van der Waals surface area contributed by atoms with Crippen molar-refractivity contribution in [3.63, 3.8) is 0 Å². The molecule has 0 aromatic heterocycles. The molecule has 0 unspecified atom stereocenters. The first kappa shape index (κ1) is 22.8. The Labute approximate surface area is 165 Å². The quantitative estimate of drug-likeness (QED) is 0.354. The summed E-state index contributed by atoms with van der Waals surface area (Å²) < 4.78 is 0.